The first-order valence-electron chi connectivity index (χ1n) is 6.37. The van der Waals surface area contributed by atoms with Gasteiger partial charge in [0.1, 0.15) is 5.69 Å². The van der Waals surface area contributed by atoms with Gasteiger partial charge in [0.15, 0.2) is 10.4 Å². The lowest BCUT2D eigenvalue weighted by Gasteiger charge is -2.09. The Hall–Kier alpha value is -2.14. The minimum absolute atomic E-state index is 0.227. The van der Waals surface area contributed by atoms with Gasteiger partial charge in [0.2, 0.25) is 0 Å². The van der Waals surface area contributed by atoms with Crippen molar-refractivity contribution in [2.75, 3.05) is 0 Å². The zero-order valence-corrected chi connectivity index (χ0v) is 13.1. The predicted molar refractivity (Wildman–Crippen MR) is 83.6 cm³/mol. The first-order chi connectivity index (χ1) is 9.97. The van der Waals surface area contributed by atoms with Crippen LogP contribution in [0.2, 0.25) is 0 Å². The molecule has 1 aromatic carbocycles. The number of fused-ring (bicyclic) bond motifs is 1. The van der Waals surface area contributed by atoms with Gasteiger partial charge in [-0.15, -0.1) is 0 Å². The fourth-order valence-corrected chi connectivity index (χ4v) is 2.59. The molecule has 3 aromatic rings. The van der Waals surface area contributed by atoms with Gasteiger partial charge in [0, 0.05) is 5.39 Å². The number of pyridine rings is 1. The first-order valence-corrected chi connectivity index (χ1v) is 7.16. The lowest BCUT2D eigenvalue weighted by molar-refractivity contribution is 0.0699. The third-order valence-electron chi connectivity index (χ3n) is 3.56. The van der Waals surface area contributed by atoms with Crippen molar-refractivity contribution in [2.24, 2.45) is 0 Å². The molecular formula is C16H12BrNO3. The van der Waals surface area contributed by atoms with Crippen molar-refractivity contribution >= 4 is 32.8 Å². The molecule has 0 aliphatic heterocycles. The van der Waals surface area contributed by atoms with E-state index in [0.717, 1.165) is 11.1 Å². The summed E-state index contributed by atoms with van der Waals surface area (Å²) in [5.41, 5.74) is 3.48. The van der Waals surface area contributed by atoms with Crippen LogP contribution in [0.15, 0.2) is 39.4 Å². The fourth-order valence-electron chi connectivity index (χ4n) is 2.28. The van der Waals surface area contributed by atoms with E-state index in [0.29, 0.717) is 27.0 Å². The van der Waals surface area contributed by atoms with Crippen molar-refractivity contribution in [1.29, 1.82) is 0 Å². The van der Waals surface area contributed by atoms with Crippen LogP contribution in [-0.2, 0) is 0 Å². The van der Waals surface area contributed by atoms with Crippen LogP contribution in [-0.4, -0.2) is 16.1 Å². The summed E-state index contributed by atoms with van der Waals surface area (Å²) in [6, 6.07) is 8.77. The average Bonchev–Trinajstić information content (AvgIpc) is 2.88. The smallest absolute Gasteiger partial charge is 0.336 e. The highest BCUT2D eigenvalue weighted by Crippen LogP contribution is 2.30. The normalized spacial score (nSPS) is 11.0. The first kappa shape index (κ1) is 13.8. The lowest BCUT2D eigenvalue weighted by atomic mass is 10.0. The van der Waals surface area contributed by atoms with Gasteiger partial charge in [-0.2, -0.15) is 0 Å². The van der Waals surface area contributed by atoms with Gasteiger partial charge in [-0.25, -0.2) is 9.78 Å². The zero-order valence-electron chi connectivity index (χ0n) is 11.5. The topological polar surface area (TPSA) is 63.3 Å². The van der Waals surface area contributed by atoms with Crippen molar-refractivity contribution in [3.63, 3.8) is 0 Å². The summed E-state index contributed by atoms with van der Waals surface area (Å²) >= 11 is 3.24. The van der Waals surface area contributed by atoms with Gasteiger partial charge in [-0.3, -0.25) is 0 Å². The number of hydrogen-bond acceptors (Lipinski definition) is 3. The molecule has 0 aliphatic rings. The minimum atomic E-state index is -0.975. The molecule has 1 N–H and O–H groups in total. The van der Waals surface area contributed by atoms with Gasteiger partial charge in [0.05, 0.1) is 11.1 Å². The highest BCUT2D eigenvalue weighted by molar-refractivity contribution is 9.10. The van der Waals surface area contributed by atoms with Crippen LogP contribution in [0, 0.1) is 13.8 Å². The highest BCUT2D eigenvalue weighted by Gasteiger charge is 2.16. The van der Waals surface area contributed by atoms with Crippen molar-refractivity contribution in [3.8, 4) is 11.5 Å². The van der Waals surface area contributed by atoms with Crippen molar-refractivity contribution < 1.29 is 14.3 Å². The number of carbonyl (C=O) groups is 1. The predicted octanol–water partition coefficient (Wildman–Crippen LogP) is 4.57. The SMILES string of the molecule is Cc1ccc2c(C(=O)O)cc(-c3ccc(Br)o3)nc2c1C. The summed E-state index contributed by atoms with van der Waals surface area (Å²) < 4.78 is 6.07. The second kappa shape index (κ2) is 5.00. The molecule has 0 bridgehead atoms. The number of aryl methyl sites for hydroxylation is 2. The Morgan fingerprint density at radius 1 is 1.24 bits per heavy atom. The number of furan rings is 1. The van der Waals surface area contributed by atoms with Crippen molar-refractivity contribution in [1.82, 2.24) is 4.98 Å². The van der Waals surface area contributed by atoms with Crippen LogP contribution in [0.5, 0.6) is 0 Å². The summed E-state index contributed by atoms with van der Waals surface area (Å²) in [6.45, 7) is 3.92. The van der Waals surface area contributed by atoms with Gasteiger partial charge in [-0.05, 0) is 59.1 Å². The Labute approximate surface area is 129 Å². The molecule has 2 heterocycles. The summed E-state index contributed by atoms with van der Waals surface area (Å²) in [6.07, 6.45) is 0. The number of nitrogens with zero attached hydrogens (tertiary/aromatic N) is 1. The molecule has 2 aromatic heterocycles. The number of aromatic carboxylic acids is 1. The number of carboxylic acid groups (broad SMARTS) is 1. The molecule has 0 saturated heterocycles. The molecule has 0 amide bonds. The number of aromatic nitrogens is 1. The summed E-state index contributed by atoms with van der Waals surface area (Å²) in [7, 11) is 0. The second-order valence-electron chi connectivity index (χ2n) is 4.87. The van der Waals surface area contributed by atoms with E-state index in [1.54, 1.807) is 24.3 Å². The zero-order chi connectivity index (χ0) is 15.1. The Morgan fingerprint density at radius 3 is 2.62 bits per heavy atom. The fraction of sp³-hybridized carbons (Fsp3) is 0.125. The van der Waals surface area contributed by atoms with Crippen molar-refractivity contribution in [2.45, 2.75) is 13.8 Å². The Balaban J connectivity index is 2.38. The molecule has 0 saturated carbocycles. The van der Waals surface area contributed by atoms with Gasteiger partial charge in [0.25, 0.3) is 0 Å². The van der Waals surface area contributed by atoms with E-state index in [1.165, 1.54) is 0 Å². The maximum absolute atomic E-state index is 11.5. The Morgan fingerprint density at radius 2 is 2.00 bits per heavy atom. The number of benzene rings is 1. The molecule has 0 atom stereocenters. The molecule has 0 aliphatic carbocycles. The average molecular weight is 346 g/mol. The van der Waals surface area contributed by atoms with Crippen LogP contribution in [0.3, 0.4) is 0 Å². The maximum atomic E-state index is 11.5. The van der Waals surface area contributed by atoms with Crippen LogP contribution in [0.25, 0.3) is 22.4 Å². The third-order valence-corrected chi connectivity index (χ3v) is 3.99. The second-order valence-corrected chi connectivity index (χ2v) is 5.65. The minimum Gasteiger partial charge on any atom is -0.478 e. The highest BCUT2D eigenvalue weighted by atomic mass is 79.9. The molecule has 106 valence electrons. The number of carboxylic acids is 1. The molecular weight excluding hydrogens is 334 g/mol. The Bertz CT molecular complexity index is 867. The van der Waals surface area contributed by atoms with E-state index < -0.39 is 5.97 Å². The van der Waals surface area contributed by atoms with E-state index in [9.17, 15) is 9.90 Å². The maximum Gasteiger partial charge on any atom is 0.336 e. The molecule has 21 heavy (non-hydrogen) atoms. The largest absolute Gasteiger partial charge is 0.478 e. The van der Waals surface area contributed by atoms with Gasteiger partial charge >= 0.3 is 5.97 Å². The summed E-state index contributed by atoms with van der Waals surface area (Å²) in [5.74, 6) is -0.440. The van der Waals surface area contributed by atoms with Gasteiger partial charge < -0.3 is 9.52 Å². The summed E-state index contributed by atoms with van der Waals surface area (Å²) in [4.78, 5) is 16.1. The van der Waals surface area contributed by atoms with Crippen molar-refractivity contribution in [3.05, 3.63) is 51.7 Å². The van der Waals surface area contributed by atoms with Gasteiger partial charge in [-0.1, -0.05) is 12.1 Å². The molecule has 3 rings (SSSR count). The number of halogens is 1. The van der Waals surface area contributed by atoms with Crippen LogP contribution in [0.1, 0.15) is 21.5 Å². The monoisotopic (exact) mass is 345 g/mol. The van der Waals surface area contributed by atoms with Crippen LogP contribution >= 0.6 is 15.9 Å². The summed E-state index contributed by atoms with van der Waals surface area (Å²) in [5, 5.41) is 10.1. The van der Waals surface area contributed by atoms with Crippen LogP contribution < -0.4 is 0 Å². The Kier molecular flexibility index (Phi) is 3.29. The lowest BCUT2D eigenvalue weighted by Crippen LogP contribution is -2.01. The number of rotatable bonds is 2. The van der Waals surface area contributed by atoms with Crippen LogP contribution in [0.4, 0.5) is 0 Å². The molecule has 0 fully saturated rings. The molecule has 4 nitrogen and oxygen atoms in total. The molecule has 0 radical (unpaired) electrons. The van der Waals surface area contributed by atoms with E-state index in [2.05, 4.69) is 20.9 Å². The standard InChI is InChI=1S/C16H12BrNO3/c1-8-3-4-10-11(16(19)20)7-12(18-15(10)9(8)2)13-5-6-14(17)21-13/h3-7H,1-2H3,(H,19,20). The van der Waals surface area contributed by atoms with E-state index in [-0.39, 0.29) is 5.56 Å². The van der Waals surface area contributed by atoms with E-state index in [4.69, 9.17) is 4.42 Å². The molecule has 5 heteroatoms. The van der Waals surface area contributed by atoms with E-state index >= 15 is 0 Å². The third kappa shape index (κ3) is 2.34. The number of hydrogen-bond donors (Lipinski definition) is 1. The van der Waals surface area contributed by atoms with E-state index in [1.807, 2.05) is 19.9 Å². The molecule has 0 unspecified atom stereocenters. The quantitative estimate of drug-likeness (QED) is 0.738. The molecule has 0 spiro atoms.